The maximum Gasteiger partial charge on any atom is 0.257 e. The molecule has 158 valence electrons. The molecule has 0 saturated carbocycles. The summed E-state index contributed by atoms with van der Waals surface area (Å²) in [6.45, 7) is 7.42. The van der Waals surface area contributed by atoms with Gasteiger partial charge in [-0.25, -0.2) is 4.98 Å². The van der Waals surface area contributed by atoms with E-state index in [1.54, 1.807) is 0 Å². The number of nitrogens with one attached hydrogen (secondary N) is 1. The molecule has 0 aliphatic rings. The van der Waals surface area contributed by atoms with Crippen molar-refractivity contribution >= 4 is 16.8 Å². The first-order valence-corrected chi connectivity index (χ1v) is 10.2. The Kier molecular flexibility index (Phi) is 7.49. The molecule has 0 aliphatic heterocycles. The second-order valence-electron chi connectivity index (χ2n) is 6.82. The number of hydrogen-bond donors (Lipinski definition) is 1. The number of hydrogen-bond acceptors (Lipinski definition) is 5. The molecule has 3 rings (SSSR count). The molecule has 6 nitrogen and oxygen atoms in total. The lowest BCUT2D eigenvalue weighted by atomic mass is 10.1. The molecule has 2 aromatic carbocycles. The number of aryl methyl sites for hydroxylation is 1. The van der Waals surface area contributed by atoms with Crippen LogP contribution in [0.4, 0.5) is 0 Å². The molecule has 30 heavy (non-hydrogen) atoms. The van der Waals surface area contributed by atoms with E-state index in [0.29, 0.717) is 31.9 Å². The van der Waals surface area contributed by atoms with E-state index in [0.717, 1.165) is 33.7 Å². The number of nitrogens with zero attached hydrogens (tertiary/aromatic N) is 1. The zero-order chi connectivity index (χ0) is 21.3. The summed E-state index contributed by atoms with van der Waals surface area (Å²) >= 11 is 0. The third kappa shape index (κ3) is 5.63. The first-order valence-electron chi connectivity index (χ1n) is 10.2. The summed E-state index contributed by atoms with van der Waals surface area (Å²) in [7, 11) is 0. The highest BCUT2D eigenvalue weighted by Gasteiger charge is 2.09. The van der Waals surface area contributed by atoms with Crippen LogP contribution in [0.25, 0.3) is 10.9 Å². The Bertz CT molecular complexity index is 1000. The highest BCUT2D eigenvalue weighted by Crippen LogP contribution is 2.28. The molecule has 0 saturated heterocycles. The van der Waals surface area contributed by atoms with Crippen molar-refractivity contribution in [2.45, 2.75) is 27.2 Å². The average molecular weight is 408 g/mol. The largest absolute Gasteiger partial charge is 0.490 e. The third-order valence-electron chi connectivity index (χ3n) is 4.52. The first kappa shape index (κ1) is 21.4. The summed E-state index contributed by atoms with van der Waals surface area (Å²) in [5.74, 6) is 1.90. The van der Waals surface area contributed by atoms with Gasteiger partial charge in [-0.05, 0) is 57.0 Å². The standard InChI is InChI=1S/C24H28N2O4/c1-4-28-20-12-10-18(15-22(20)29-5-2)13-14-25-23(27)16-30-21-8-6-7-19-11-9-17(3)26-24(19)21/h6-12,15H,4-5,13-14,16H2,1-3H3,(H,25,27). The first-order chi connectivity index (χ1) is 14.6. The van der Waals surface area contributed by atoms with Crippen LogP contribution in [-0.4, -0.2) is 37.3 Å². The quantitative estimate of drug-likeness (QED) is 0.547. The molecular formula is C24H28N2O4. The summed E-state index contributed by atoms with van der Waals surface area (Å²) in [5.41, 5.74) is 2.74. The third-order valence-corrected chi connectivity index (χ3v) is 4.52. The summed E-state index contributed by atoms with van der Waals surface area (Å²) in [6, 6.07) is 15.5. The maximum atomic E-state index is 12.2. The second kappa shape index (κ2) is 10.5. The van der Waals surface area contributed by atoms with Crippen molar-refractivity contribution in [3.63, 3.8) is 0 Å². The number of aromatic nitrogens is 1. The van der Waals surface area contributed by atoms with Crippen LogP contribution in [-0.2, 0) is 11.2 Å². The van der Waals surface area contributed by atoms with Gasteiger partial charge in [0, 0.05) is 17.6 Å². The van der Waals surface area contributed by atoms with Gasteiger partial charge in [-0.3, -0.25) is 4.79 Å². The number of rotatable bonds is 10. The predicted molar refractivity (Wildman–Crippen MR) is 117 cm³/mol. The molecule has 0 fully saturated rings. The molecule has 6 heteroatoms. The number of carbonyl (C=O) groups is 1. The minimum atomic E-state index is -0.171. The number of fused-ring (bicyclic) bond motifs is 1. The molecule has 0 aliphatic carbocycles. The van der Waals surface area contributed by atoms with Gasteiger partial charge in [0.1, 0.15) is 11.3 Å². The van der Waals surface area contributed by atoms with Crippen molar-refractivity contribution in [1.29, 1.82) is 0 Å². The van der Waals surface area contributed by atoms with Crippen LogP contribution in [0.1, 0.15) is 25.1 Å². The fourth-order valence-electron chi connectivity index (χ4n) is 3.13. The van der Waals surface area contributed by atoms with Gasteiger partial charge in [0.2, 0.25) is 0 Å². The molecule has 1 aromatic heterocycles. The van der Waals surface area contributed by atoms with Gasteiger partial charge >= 0.3 is 0 Å². The lowest BCUT2D eigenvalue weighted by molar-refractivity contribution is -0.123. The fourth-order valence-corrected chi connectivity index (χ4v) is 3.13. The number of pyridine rings is 1. The Morgan fingerprint density at radius 1 is 0.933 bits per heavy atom. The Morgan fingerprint density at radius 3 is 2.53 bits per heavy atom. The zero-order valence-electron chi connectivity index (χ0n) is 17.7. The highest BCUT2D eigenvalue weighted by atomic mass is 16.5. The Balaban J connectivity index is 1.52. The molecule has 1 N–H and O–H groups in total. The van der Waals surface area contributed by atoms with E-state index in [-0.39, 0.29) is 12.5 Å². The minimum absolute atomic E-state index is 0.0534. The van der Waals surface area contributed by atoms with E-state index in [2.05, 4.69) is 10.3 Å². The summed E-state index contributed by atoms with van der Waals surface area (Å²) in [4.78, 5) is 16.7. The van der Waals surface area contributed by atoms with Crippen molar-refractivity contribution in [1.82, 2.24) is 10.3 Å². The summed E-state index contributed by atoms with van der Waals surface area (Å²) in [5, 5.41) is 3.88. The van der Waals surface area contributed by atoms with Crippen LogP contribution in [0, 0.1) is 6.92 Å². The Morgan fingerprint density at radius 2 is 1.73 bits per heavy atom. The van der Waals surface area contributed by atoms with E-state index in [4.69, 9.17) is 14.2 Å². The molecular weight excluding hydrogens is 380 g/mol. The van der Waals surface area contributed by atoms with Gasteiger partial charge in [0.25, 0.3) is 5.91 Å². The molecule has 0 spiro atoms. The predicted octanol–water partition coefficient (Wildman–Crippen LogP) is 4.08. The average Bonchev–Trinajstić information content (AvgIpc) is 2.74. The maximum absolute atomic E-state index is 12.2. The summed E-state index contributed by atoms with van der Waals surface area (Å²) in [6.07, 6.45) is 0.688. The monoisotopic (exact) mass is 408 g/mol. The van der Waals surface area contributed by atoms with Crippen LogP contribution < -0.4 is 19.5 Å². The van der Waals surface area contributed by atoms with Gasteiger partial charge < -0.3 is 19.5 Å². The van der Waals surface area contributed by atoms with Crippen molar-refractivity contribution in [2.75, 3.05) is 26.4 Å². The van der Waals surface area contributed by atoms with Gasteiger partial charge in [0.05, 0.1) is 13.2 Å². The lowest BCUT2D eigenvalue weighted by Gasteiger charge is -2.13. The Hall–Kier alpha value is -3.28. The van der Waals surface area contributed by atoms with Crippen molar-refractivity contribution < 1.29 is 19.0 Å². The van der Waals surface area contributed by atoms with Crippen LogP contribution in [0.5, 0.6) is 17.2 Å². The zero-order valence-corrected chi connectivity index (χ0v) is 17.7. The van der Waals surface area contributed by atoms with Gasteiger partial charge in [0.15, 0.2) is 18.1 Å². The summed E-state index contributed by atoms with van der Waals surface area (Å²) < 4.78 is 17.0. The van der Waals surface area contributed by atoms with Gasteiger partial charge in [-0.1, -0.05) is 24.3 Å². The van der Waals surface area contributed by atoms with Crippen molar-refractivity contribution in [3.8, 4) is 17.2 Å². The van der Waals surface area contributed by atoms with E-state index in [9.17, 15) is 4.79 Å². The topological polar surface area (TPSA) is 69.7 Å². The van der Waals surface area contributed by atoms with E-state index >= 15 is 0 Å². The molecule has 0 bridgehead atoms. The van der Waals surface area contributed by atoms with Crippen molar-refractivity contribution in [3.05, 3.63) is 59.8 Å². The SMILES string of the molecule is CCOc1ccc(CCNC(=O)COc2cccc3ccc(C)nc23)cc1OCC. The van der Waals surface area contributed by atoms with Crippen molar-refractivity contribution in [2.24, 2.45) is 0 Å². The molecule has 0 radical (unpaired) electrons. The molecule has 0 atom stereocenters. The number of carbonyl (C=O) groups excluding carboxylic acids is 1. The van der Waals surface area contributed by atoms with E-state index < -0.39 is 0 Å². The molecule has 0 unspecified atom stereocenters. The smallest absolute Gasteiger partial charge is 0.257 e. The van der Waals surface area contributed by atoms with Crippen LogP contribution >= 0.6 is 0 Å². The van der Waals surface area contributed by atoms with Crippen LogP contribution in [0.2, 0.25) is 0 Å². The number of amides is 1. The van der Waals surface area contributed by atoms with Gasteiger partial charge in [-0.2, -0.15) is 0 Å². The van der Waals surface area contributed by atoms with E-state index in [1.807, 2.05) is 69.3 Å². The minimum Gasteiger partial charge on any atom is -0.490 e. The number of para-hydroxylation sites is 1. The molecule has 1 amide bonds. The fraction of sp³-hybridized carbons (Fsp3) is 0.333. The number of ether oxygens (including phenoxy) is 3. The molecule has 3 aromatic rings. The van der Waals surface area contributed by atoms with Crippen LogP contribution in [0.3, 0.4) is 0 Å². The second-order valence-corrected chi connectivity index (χ2v) is 6.82. The van der Waals surface area contributed by atoms with Gasteiger partial charge in [-0.15, -0.1) is 0 Å². The highest BCUT2D eigenvalue weighted by molar-refractivity contribution is 5.85. The molecule has 1 heterocycles. The van der Waals surface area contributed by atoms with E-state index in [1.165, 1.54) is 0 Å². The number of benzene rings is 2. The Labute approximate surface area is 177 Å². The van der Waals surface area contributed by atoms with Crippen LogP contribution in [0.15, 0.2) is 48.5 Å². The lowest BCUT2D eigenvalue weighted by Crippen LogP contribution is -2.30. The normalized spacial score (nSPS) is 10.6.